The van der Waals surface area contributed by atoms with E-state index in [1.807, 2.05) is 13.8 Å². The summed E-state index contributed by atoms with van der Waals surface area (Å²) < 4.78 is 5.72. The van der Waals surface area contributed by atoms with E-state index in [2.05, 4.69) is 9.97 Å². The van der Waals surface area contributed by atoms with Gasteiger partial charge >= 0.3 is 0 Å². The minimum Gasteiger partial charge on any atom is -0.507 e. The smallest absolute Gasteiger partial charge is 0.296 e. The van der Waals surface area contributed by atoms with Crippen molar-refractivity contribution in [2.75, 3.05) is 6.61 Å². The number of ketones is 1. The number of pyridine rings is 2. The normalized spacial score (nSPS) is 17.4. The first-order valence-electron chi connectivity index (χ1n) is 10.8. The lowest BCUT2D eigenvalue weighted by Crippen LogP contribution is -2.29. The van der Waals surface area contributed by atoms with E-state index in [9.17, 15) is 14.7 Å². The maximum Gasteiger partial charge on any atom is 0.296 e. The van der Waals surface area contributed by atoms with Crippen LogP contribution in [0, 0.1) is 6.92 Å². The number of rotatable bonds is 7. The molecule has 1 amide bonds. The summed E-state index contributed by atoms with van der Waals surface area (Å²) >= 11 is 0. The first-order chi connectivity index (χ1) is 16.0. The molecule has 0 radical (unpaired) electrons. The molecule has 0 saturated carbocycles. The fourth-order valence-electron chi connectivity index (χ4n) is 3.90. The molecule has 7 nitrogen and oxygen atoms in total. The van der Waals surface area contributed by atoms with Gasteiger partial charge in [-0.05, 0) is 66.9 Å². The molecule has 1 aliphatic rings. The van der Waals surface area contributed by atoms with Gasteiger partial charge in [0.2, 0.25) is 0 Å². The van der Waals surface area contributed by atoms with Crippen molar-refractivity contribution in [2.24, 2.45) is 0 Å². The number of carbonyl (C=O) groups is 2. The molecule has 7 heteroatoms. The molecule has 0 spiro atoms. The maximum absolute atomic E-state index is 13.1. The highest BCUT2D eigenvalue weighted by Gasteiger charge is 2.46. The molecule has 1 aliphatic heterocycles. The first kappa shape index (κ1) is 22.2. The maximum atomic E-state index is 13.1. The van der Waals surface area contributed by atoms with Crippen LogP contribution in [-0.4, -0.2) is 38.3 Å². The molecule has 33 heavy (non-hydrogen) atoms. The number of aryl methyl sites for hydroxylation is 1. The number of ether oxygens (including phenoxy) is 1. The van der Waals surface area contributed by atoms with Gasteiger partial charge in [0.1, 0.15) is 17.6 Å². The Morgan fingerprint density at radius 3 is 2.55 bits per heavy atom. The average molecular weight is 444 g/mol. The minimum absolute atomic E-state index is 0.0226. The zero-order valence-corrected chi connectivity index (χ0v) is 18.6. The number of hydrogen-bond donors (Lipinski definition) is 1. The summed E-state index contributed by atoms with van der Waals surface area (Å²) in [5.74, 6) is -0.927. The second kappa shape index (κ2) is 9.65. The Morgan fingerprint density at radius 1 is 1.09 bits per heavy atom. The van der Waals surface area contributed by atoms with Gasteiger partial charge in [0.15, 0.2) is 0 Å². The lowest BCUT2D eigenvalue weighted by atomic mass is 9.97. The number of aliphatic hydroxyl groups excluding tert-OH is 1. The standard InChI is InChI=1S/C26H25N3O4/c1-3-14-33-21-8-7-19(15-17(21)2)24(30)22-23(20-6-4-5-11-28-20)29(26(32)25(22)31)16-18-9-12-27-13-10-18/h4-13,15,23,30H,3,14,16H2,1-2H3/b24-22-. The molecule has 0 bridgehead atoms. The van der Waals surface area contributed by atoms with E-state index in [-0.39, 0.29) is 17.9 Å². The second-order valence-electron chi connectivity index (χ2n) is 7.87. The zero-order chi connectivity index (χ0) is 23.4. The molecule has 0 aliphatic carbocycles. The van der Waals surface area contributed by atoms with E-state index >= 15 is 0 Å². The van der Waals surface area contributed by atoms with Gasteiger partial charge < -0.3 is 14.7 Å². The first-order valence-corrected chi connectivity index (χ1v) is 10.8. The summed E-state index contributed by atoms with van der Waals surface area (Å²) in [6.07, 6.45) is 5.75. The van der Waals surface area contributed by atoms with Crippen LogP contribution in [0.4, 0.5) is 0 Å². The molecular formula is C26H25N3O4. The quantitative estimate of drug-likeness (QED) is 0.334. The Bertz CT molecular complexity index is 1190. The SMILES string of the molecule is CCCOc1ccc(/C(O)=C2/C(=O)C(=O)N(Cc3ccncc3)C2c2ccccn2)cc1C. The van der Waals surface area contributed by atoms with E-state index in [0.717, 1.165) is 17.5 Å². The Balaban J connectivity index is 1.79. The van der Waals surface area contributed by atoms with Crippen molar-refractivity contribution >= 4 is 17.4 Å². The highest BCUT2D eigenvalue weighted by molar-refractivity contribution is 6.46. The van der Waals surface area contributed by atoms with Gasteiger partial charge in [-0.2, -0.15) is 0 Å². The number of nitrogens with zero attached hydrogens (tertiary/aromatic N) is 3. The molecule has 1 aromatic carbocycles. The third-order valence-electron chi connectivity index (χ3n) is 5.52. The van der Waals surface area contributed by atoms with Crippen LogP contribution in [-0.2, 0) is 16.1 Å². The largest absolute Gasteiger partial charge is 0.507 e. The minimum atomic E-state index is -0.810. The van der Waals surface area contributed by atoms with Gasteiger partial charge in [-0.1, -0.05) is 13.0 Å². The van der Waals surface area contributed by atoms with Crippen LogP contribution in [0.3, 0.4) is 0 Å². The molecule has 4 rings (SSSR count). The Kier molecular flexibility index (Phi) is 6.49. The summed E-state index contributed by atoms with van der Waals surface area (Å²) in [6.45, 7) is 4.68. The molecule has 3 aromatic rings. The summed E-state index contributed by atoms with van der Waals surface area (Å²) in [5, 5.41) is 11.2. The monoisotopic (exact) mass is 443 g/mol. The Labute approximate surface area is 192 Å². The predicted molar refractivity (Wildman–Crippen MR) is 123 cm³/mol. The highest BCUT2D eigenvalue weighted by Crippen LogP contribution is 2.39. The van der Waals surface area contributed by atoms with E-state index in [1.54, 1.807) is 67.1 Å². The lowest BCUT2D eigenvalue weighted by molar-refractivity contribution is -0.140. The predicted octanol–water partition coefficient (Wildman–Crippen LogP) is 4.20. The van der Waals surface area contributed by atoms with Crippen molar-refractivity contribution in [3.05, 3.63) is 95.1 Å². The van der Waals surface area contributed by atoms with Gasteiger partial charge in [-0.3, -0.25) is 19.6 Å². The molecule has 1 saturated heterocycles. The van der Waals surface area contributed by atoms with Crippen LogP contribution < -0.4 is 4.74 Å². The third-order valence-corrected chi connectivity index (χ3v) is 5.52. The van der Waals surface area contributed by atoms with Crippen molar-refractivity contribution in [1.29, 1.82) is 0 Å². The van der Waals surface area contributed by atoms with Crippen molar-refractivity contribution in [2.45, 2.75) is 32.9 Å². The number of aromatic nitrogens is 2. The van der Waals surface area contributed by atoms with Crippen molar-refractivity contribution in [3.63, 3.8) is 0 Å². The van der Waals surface area contributed by atoms with Crippen molar-refractivity contribution < 1.29 is 19.4 Å². The molecule has 1 fully saturated rings. The van der Waals surface area contributed by atoms with Gasteiger partial charge in [0, 0.05) is 30.7 Å². The number of carbonyl (C=O) groups excluding carboxylic acids is 2. The van der Waals surface area contributed by atoms with Gasteiger partial charge in [0.25, 0.3) is 11.7 Å². The molecule has 1 unspecified atom stereocenters. The highest BCUT2D eigenvalue weighted by atomic mass is 16.5. The Morgan fingerprint density at radius 2 is 1.88 bits per heavy atom. The number of benzene rings is 1. The number of Topliss-reactive ketones (excluding diaryl/α,β-unsaturated/α-hetero) is 1. The third kappa shape index (κ3) is 4.48. The van der Waals surface area contributed by atoms with Crippen LogP contribution in [0.15, 0.2) is 72.7 Å². The molecule has 168 valence electrons. The summed E-state index contributed by atoms with van der Waals surface area (Å²) in [5.41, 5.74) is 2.62. The summed E-state index contributed by atoms with van der Waals surface area (Å²) in [4.78, 5) is 36.0. The van der Waals surface area contributed by atoms with Crippen LogP contribution in [0.2, 0.25) is 0 Å². The average Bonchev–Trinajstić information content (AvgIpc) is 3.09. The lowest BCUT2D eigenvalue weighted by Gasteiger charge is -2.24. The van der Waals surface area contributed by atoms with Gasteiger partial charge in [0.05, 0.1) is 17.9 Å². The topological polar surface area (TPSA) is 92.6 Å². The van der Waals surface area contributed by atoms with Gasteiger partial charge in [-0.25, -0.2) is 0 Å². The number of likely N-dealkylation sites (tertiary alicyclic amines) is 1. The summed E-state index contributed by atoms with van der Waals surface area (Å²) in [7, 11) is 0. The number of aliphatic hydroxyl groups is 1. The van der Waals surface area contributed by atoms with E-state index in [0.29, 0.717) is 23.6 Å². The fraction of sp³-hybridized carbons (Fsp3) is 0.231. The van der Waals surface area contributed by atoms with Crippen LogP contribution >= 0.6 is 0 Å². The van der Waals surface area contributed by atoms with Crippen molar-refractivity contribution in [3.8, 4) is 5.75 Å². The summed E-state index contributed by atoms with van der Waals surface area (Å²) in [6, 6.07) is 13.3. The van der Waals surface area contributed by atoms with Crippen LogP contribution in [0.5, 0.6) is 5.75 Å². The number of amides is 1. The Hall–Kier alpha value is -4.00. The molecule has 1 N–H and O–H groups in total. The molecular weight excluding hydrogens is 418 g/mol. The molecule has 1 atom stereocenters. The van der Waals surface area contributed by atoms with E-state index in [4.69, 9.17) is 4.74 Å². The zero-order valence-electron chi connectivity index (χ0n) is 18.6. The molecule has 3 heterocycles. The fourth-order valence-corrected chi connectivity index (χ4v) is 3.90. The van der Waals surface area contributed by atoms with E-state index < -0.39 is 17.7 Å². The van der Waals surface area contributed by atoms with Gasteiger partial charge in [-0.15, -0.1) is 0 Å². The second-order valence-corrected chi connectivity index (χ2v) is 7.87. The van der Waals surface area contributed by atoms with Crippen molar-refractivity contribution in [1.82, 2.24) is 14.9 Å². The number of hydrogen-bond acceptors (Lipinski definition) is 6. The molecule has 2 aromatic heterocycles. The van der Waals surface area contributed by atoms with Crippen LogP contribution in [0.1, 0.15) is 41.8 Å². The van der Waals surface area contributed by atoms with E-state index in [1.165, 1.54) is 4.90 Å². The van der Waals surface area contributed by atoms with Crippen LogP contribution in [0.25, 0.3) is 5.76 Å².